The number of benzene rings is 2. The maximum Gasteiger partial charge on any atom is 0.313 e. The van der Waals surface area contributed by atoms with E-state index in [9.17, 15) is 9.59 Å². The van der Waals surface area contributed by atoms with Crippen LogP contribution in [0.4, 0.5) is 0 Å². The van der Waals surface area contributed by atoms with Gasteiger partial charge in [-0.3, -0.25) is 9.59 Å². The van der Waals surface area contributed by atoms with Crippen molar-refractivity contribution in [1.82, 2.24) is 0 Å². The minimum absolute atomic E-state index is 0.359. The van der Waals surface area contributed by atoms with Gasteiger partial charge in [0.25, 0.3) is 0 Å². The summed E-state index contributed by atoms with van der Waals surface area (Å²) in [6, 6.07) is 17.5. The molecule has 0 aliphatic carbocycles. The number of hydrogen-bond acceptors (Lipinski definition) is 6. The molecule has 142 valence electrons. The highest BCUT2D eigenvalue weighted by Crippen LogP contribution is 2.30. The second-order valence-corrected chi connectivity index (χ2v) is 6.20. The predicted octanol–water partition coefficient (Wildman–Crippen LogP) is 3.42. The summed E-state index contributed by atoms with van der Waals surface area (Å²) in [4.78, 5) is 24.6. The zero-order chi connectivity index (χ0) is 20.5. The number of rotatable bonds is 7. The van der Waals surface area contributed by atoms with Gasteiger partial charge in [0.15, 0.2) is 0 Å². The maximum absolute atomic E-state index is 12.3. The molecule has 0 saturated heterocycles. The topological polar surface area (TPSA) is 100 Å². The summed E-state index contributed by atoms with van der Waals surface area (Å²) in [7, 11) is 2.63. The molecule has 0 aliphatic rings. The fourth-order valence-electron chi connectivity index (χ4n) is 3.04. The molecular weight excluding hydrogens is 356 g/mol. The molecule has 0 saturated carbocycles. The molecule has 0 amide bonds. The van der Waals surface area contributed by atoms with Crippen LogP contribution in [0, 0.1) is 22.7 Å². The van der Waals surface area contributed by atoms with Crippen LogP contribution in [0.3, 0.4) is 0 Å². The first-order valence-corrected chi connectivity index (χ1v) is 8.69. The Kier molecular flexibility index (Phi) is 7.30. The molecular formula is C22H20N2O4. The van der Waals surface area contributed by atoms with E-state index in [1.54, 1.807) is 48.5 Å². The molecule has 2 rings (SSSR count). The Labute approximate surface area is 163 Å². The van der Waals surface area contributed by atoms with Gasteiger partial charge in [0.05, 0.1) is 49.3 Å². The molecule has 0 N–H and O–H groups in total. The third-order valence-electron chi connectivity index (χ3n) is 4.60. The van der Waals surface area contributed by atoms with Gasteiger partial charge < -0.3 is 9.47 Å². The molecule has 6 nitrogen and oxygen atoms in total. The number of esters is 2. The molecule has 2 aromatic rings. The van der Waals surface area contributed by atoms with Crippen LogP contribution in [-0.4, -0.2) is 26.2 Å². The first kappa shape index (κ1) is 20.7. The summed E-state index contributed by atoms with van der Waals surface area (Å²) < 4.78 is 9.84. The molecule has 2 atom stereocenters. The minimum atomic E-state index is -0.566. The van der Waals surface area contributed by atoms with E-state index < -0.39 is 23.8 Å². The van der Waals surface area contributed by atoms with Crippen LogP contribution in [0.15, 0.2) is 48.5 Å². The highest BCUT2D eigenvalue weighted by molar-refractivity contribution is 5.80. The van der Waals surface area contributed by atoms with Gasteiger partial charge in [0, 0.05) is 0 Å². The van der Waals surface area contributed by atoms with Crippen molar-refractivity contribution in [1.29, 1.82) is 10.5 Å². The van der Waals surface area contributed by atoms with E-state index >= 15 is 0 Å². The largest absolute Gasteiger partial charge is 0.469 e. The van der Waals surface area contributed by atoms with Crippen molar-refractivity contribution in [2.75, 3.05) is 14.2 Å². The number of nitrogens with zero attached hydrogens (tertiary/aromatic N) is 2. The van der Waals surface area contributed by atoms with Crippen molar-refractivity contribution in [2.45, 2.75) is 24.7 Å². The smallest absolute Gasteiger partial charge is 0.313 e. The molecule has 2 unspecified atom stereocenters. The summed E-state index contributed by atoms with van der Waals surface area (Å²) in [6.07, 6.45) is 0.719. The molecule has 6 heteroatoms. The monoisotopic (exact) mass is 376 g/mol. The third kappa shape index (κ3) is 4.96. The average Bonchev–Trinajstić information content (AvgIpc) is 2.76. The molecule has 28 heavy (non-hydrogen) atoms. The fraction of sp³-hybridized carbons (Fsp3) is 0.273. The Balaban J connectivity index is 2.25. The molecule has 0 aliphatic heterocycles. The summed E-state index contributed by atoms with van der Waals surface area (Å²) in [5.74, 6) is -1.95. The van der Waals surface area contributed by atoms with Gasteiger partial charge in [0.1, 0.15) is 0 Å². The third-order valence-corrected chi connectivity index (χ3v) is 4.60. The summed E-state index contributed by atoms with van der Waals surface area (Å²) >= 11 is 0. The SMILES string of the molecule is COC(=O)C(CCC(C(=O)OC)c1ccc(C#N)cc1)c1ccc(C#N)cc1. The van der Waals surface area contributed by atoms with Crippen LogP contribution in [0.2, 0.25) is 0 Å². The van der Waals surface area contributed by atoms with Crippen LogP contribution < -0.4 is 0 Å². The van der Waals surface area contributed by atoms with Crippen LogP contribution in [0.5, 0.6) is 0 Å². The number of ether oxygens (including phenoxy) is 2. The van der Waals surface area contributed by atoms with Gasteiger partial charge in [-0.15, -0.1) is 0 Å². The van der Waals surface area contributed by atoms with Crippen molar-refractivity contribution in [2.24, 2.45) is 0 Å². The first-order valence-electron chi connectivity index (χ1n) is 8.69. The Morgan fingerprint density at radius 2 is 1.07 bits per heavy atom. The van der Waals surface area contributed by atoms with Crippen LogP contribution in [0.25, 0.3) is 0 Å². The number of nitriles is 2. The van der Waals surface area contributed by atoms with Crippen LogP contribution >= 0.6 is 0 Å². The average molecular weight is 376 g/mol. The molecule has 0 aromatic heterocycles. The lowest BCUT2D eigenvalue weighted by atomic mass is 9.87. The highest BCUT2D eigenvalue weighted by Gasteiger charge is 2.27. The number of carbonyl (C=O) groups excluding carboxylic acids is 2. The zero-order valence-corrected chi connectivity index (χ0v) is 15.7. The quantitative estimate of drug-likeness (QED) is 0.686. The van der Waals surface area contributed by atoms with Gasteiger partial charge >= 0.3 is 11.9 Å². The van der Waals surface area contributed by atoms with Gasteiger partial charge in [-0.1, -0.05) is 24.3 Å². The van der Waals surface area contributed by atoms with E-state index in [-0.39, 0.29) is 0 Å². The van der Waals surface area contributed by atoms with Crippen molar-refractivity contribution >= 4 is 11.9 Å². The van der Waals surface area contributed by atoms with E-state index in [0.717, 1.165) is 0 Å². The zero-order valence-electron chi connectivity index (χ0n) is 15.7. The van der Waals surface area contributed by atoms with Gasteiger partial charge in [0.2, 0.25) is 0 Å². The van der Waals surface area contributed by atoms with E-state index in [1.165, 1.54) is 14.2 Å². The number of carbonyl (C=O) groups is 2. The normalized spacial score (nSPS) is 12.1. The lowest BCUT2D eigenvalue weighted by molar-refractivity contribution is -0.145. The summed E-state index contributed by atoms with van der Waals surface area (Å²) in [6.45, 7) is 0. The molecule has 0 heterocycles. The van der Waals surface area contributed by atoms with E-state index in [0.29, 0.717) is 35.1 Å². The Morgan fingerprint density at radius 1 is 0.750 bits per heavy atom. The molecule has 0 radical (unpaired) electrons. The van der Waals surface area contributed by atoms with Crippen molar-refractivity contribution in [3.05, 3.63) is 70.8 Å². The molecule has 0 bridgehead atoms. The lowest BCUT2D eigenvalue weighted by Gasteiger charge is -2.19. The van der Waals surface area contributed by atoms with Gasteiger partial charge in [-0.25, -0.2) is 0 Å². The predicted molar refractivity (Wildman–Crippen MR) is 101 cm³/mol. The Hall–Kier alpha value is -3.64. The Bertz CT molecular complexity index is 828. The number of methoxy groups -OCH3 is 2. The van der Waals surface area contributed by atoms with Gasteiger partial charge in [-0.05, 0) is 48.2 Å². The summed E-state index contributed by atoms with van der Waals surface area (Å²) in [5.41, 5.74) is 2.43. The van der Waals surface area contributed by atoms with E-state index in [2.05, 4.69) is 0 Å². The van der Waals surface area contributed by atoms with Crippen molar-refractivity contribution in [3.8, 4) is 12.1 Å². The standard InChI is InChI=1S/C22H20N2O4/c1-27-21(25)19(17-7-3-15(13-23)4-8-17)11-12-20(22(26)28-2)18-9-5-16(14-24)6-10-18/h3-10,19-20H,11-12H2,1-2H3. The van der Waals surface area contributed by atoms with Crippen LogP contribution in [0.1, 0.15) is 46.9 Å². The minimum Gasteiger partial charge on any atom is -0.469 e. The second-order valence-electron chi connectivity index (χ2n) is 6.20. The van der Waals surface area contributed by atoms with Crippen LogP contribution in [-0.2, 0) is 19.1 Å². The van der Waals surface area contributed by atoms with E-state index in [1.807, 2.05) is 12.1 Å². The van der Waals surface area contributed by atoms with E-state index in [4.69, 9.17) is 20.0 Å². The molecule has 0 fully saturated rings. The second kappa shape index (κ2) is 9.89. The fourth-order valence-corrected chi connectivity index (χ4v) is 3.04. The van der Waals surface area contributed by atoms with Gasteiger partial charge in [-0.2, -0.15) is 10.5 Å². The first-order chi connectivity index (χ1) is 13.5. The Morgan fingerprint density at radius 3 is 1.32 bits per heavy atom. The number of hydrogen-bond donors (Lipinski definition) is 0. The lowest BCUT2D eigenvalue weighted by Crippen LogP contribution is -2.19. The van der Waals surface area contributed by atoms with Crippen molar-refractivity contribution in [3.63, 3.8) is 0 Å². The molecule has 2 aromatic carbocycles. The molecule has 0 spiro atoms. The highest BCUT2D eigenvalue weighted by atomic mass is 16.5. The van der Waals surface area contributed by atoms with Crippen molar-refractivity contribution < 1.29 is 19.1 Å². The maximum atomic E-state index is 12.3. The summed E-state index contributed by atoms with van der Waals surface area (Å²) in [5, 5.41) is 17.9.